The molecule has 0 aliphatic heterocycles. The molecule has 9 heteroatoms. The van der Waals surface area contributed by atoms with Crippen LogP contribution < -0.4 is 10.0 Å². The average Bonchev–Trinajstić information content (AvgIpc) is 2.70. The molecule has 3 N–H and O–H groups in total. The SMILES string of the molecule is O=S(=O)(Nc1ccc(F)c(F)c1)c1ccc(NC(CO)c2ccccc2)nc1. The Bertz CT molecular complexity index is 1050. The first-order valence-electron chi connectivity index (χ1n) is 8.25. The Labute approximate surface area is 160 Å². The monoisotopic (exact) mass is 405 g/mol. The van der Waals surface area contributed by atoms with Gasteiger partial charge < -0.3 is 10.4 Å². The lowest BCUT2D eigenvalue weighted by Crippen LogP contribution is -2.16. The molecule has 0 aliphatic rings. The maximum atomic E-state index is 13.3. The van der Waals surface area contributed by atoms with Gasteiger partial charge in [-0.1, -0.05) is 30.3 Å². The highest BCUT2D eigenvalue weighted by Gasteiger charge is 2.17. The third-order valence-electron chi connectivity index (χ3n) is 3.93. The Balaban J connectivity index is 1.74. The molecular formula is C19H17F2N3O3S. The number of aromatic nitrogens is 1. The first kappa shape index (κ1) is 19.7. The van der Waals surface area contributed by atoms with Gasteiger partial charge in [-0.3, -0.25) is 4.72 Å². The third-order valence-corrected chi connectivity index (χ3v) is 5.29. The van der Waals surface area contributed by atoms with Gasteiger partial charge >= 0.3 is 0 Å². The zero-order valence-corrected chi connectivity index (χ0v) is 15.3. The molecule has 0 saturated heterocycles. The minimum Gasteiger partial charge on any atom is -0.394 e. The molecule has 146 valence electrons. The van der Waals surface area contributed by atoms with E-state index in [9.17, 15) is 22.3 Å². The Morgan fingerprint density at radius 1 is 1.00 bits per heavy atom. The van der Waals surface area contributed by atoms with Crippen LogP contribution in [0.2, 0.25) is 0 Å². The van der Waals surface area contributed by atoms with Crippen LogP contribution >= 0.6 is 0 Å². The summed E-state index contributed by atoms with van der Waals surface area (Å²) in [5.41, 5.74) is 0.744. The second kappa shape index (κ2) is 8.32. The summed E-state index contributed by atoms with van der Waals surface area (Å²) in [4.78, 5) is 3.91. The molecule has 0 fully saturated rings. The molecule has 6 nitrogen and oxygen atoms in total. The Morgan fingerprint density at radius 2 is 1.75 bits per heavy atom. The highest BCUT2D eigenvalue weighted by molar-refractivity contribution is 7.92. The number of hydrogen-bond acceptors (Lipinski definition) is 5. The first-order chi connectivity index (χ1) is 13.4. The number of aliphatic hydroxyl groups is 1. The summed E-state index contributed by atoms with van der Waals surface area (Å²) in [6.45, 7) is -0.177. The molecule has 3 aromatic rings. The molecule has 1 aromatic heterocycles. The summed E-state index contributed by atoms with van der Waals surface area (Å²) in [6.07, 6.45) is 1.13. The van der Waals surface area contributed by atoms with Gasteiger partial charge in [-0.2, -0.15) is 0 Å². The number of rotatable bonds is 7. The van der Waals surface area contributed by atoms with Gasteiger partial charge in [0.15, 0.2) is 11.6 Å². The Hall–Kier alpha value is -3.04. The van der Waals surface area contributed by atoms with Crippen LogP contribution in [-0.2, 0) is 10.0 Å². The van der Waals surface area contributed by atoms with E-state index in [1.165, 1.54) is 12.1 Å². The summed E-state index contributed by atoms with van der Waals surface area (Å²) in [5.74, 6) is -1.86. The summed E-state index contributed by atoms with van der Waals surface area (Å²) in [6, 6.07) is 14.3. The van der Waals surface area contributed by atoms with Crippen molar-refractivity contribution in [2.24, 2.45) is 0 Å². The Morgan fingerprint density at radius 3 is 2.36 bits per heavy atom. The molecule has 0 radical (unpaired) electrons. The van der Waals surface area contributed by atoms with E-state index in [1.54, 1.807) is 0 Å². The number of sulfonamides is 1. The minimum absolute atomic E-state index is 0.106. The van der Waals surface area contributed by atoms with Crippen LogP contribution in [0.15, 0.2) is 71.8 Å². The van der Waals surface area contributed by atoms with E-state index in [1.807, 2.05) is 30.3 Å². The normalized spacial score (nSPS) is 12.4. The van der Waals surface area contributed by atoms with Crippen LogP contribution in [0.25, 0.3) is 0 Å². The van der Waals surface area contributed by atoms with E-state index in [-0.39, 0.29) is 17.2 Å². The van der Waals surface area contributed by atoms with Crippen LogP contribution in [0.5, 0.6) is 0 Å². The largest absolute Gasteiger partial charge is 0.394 e. The van der Waals surface area contributed by atoms with E-state index < -0.39 is 27.7 Å². The van der Waals surface area contributed by atoms with E-state index in [4.69, 9.17) is 0 Å². The molecule has 1 atom stereocenters. The number of halogens is 2. The number of anilines is 2. The number of pyridine rings is 1. The van der Waals surface area contributed by atoms with Gasteiger partial charge in [0.05, 0.1) is 18.3 Å². The molecule has 0 aliphatic carbocycles. The van der Waals surface area contributed by atoms with Gasteiger partial charge in [-0.15, -0.1) is 0 Å². The fraction of sp³-hybridized carbons (Fsp3) is 0.105. The second-order valence-electron chi connectivity index (χ2n) is 5.90. The highest BCUT2D eigenvalue weighted by Crippen LogP contribution is 2.21. The number of nitrogens with one attached hydrogen (secondary N) is 2. The number of nitrogens with zero attached hydrogens (tertiary/aromatic N) is 1. The number of aliphatic hydroxyl groups excluding tert-OH is 1. The van der Waals surface area contributed by atoms with Crippen molar-refractivity contribution in [2.45, 2.75) is 10.9 Å². The lowest BCUT2D eigenvalue weighted by molar-refractivity contribution is 0.276. The molecule has 2 aromatic carbocycles. The topological polar surface area (TPSA) is 91.3 Å². The number of hydrogen-bond donors (Lipinski definition) is 3. The smallest absolute Gasteiger partial charge is 0.263 e. The van der Waals surface area contributed by atoms with Crippen molar-refractivity contribution in [1.29, 1.82) is 0 Å². The zero-order valence-electron chi connectivity index (χ0n) is 14.5. The van der Waals surface area contributed by atoms with Crippen LogP contribution in [0.1, 0.15) is 11.6 Å². The van der Waals surface area contributed by atoms with Gasteiger partial charge in [0.2, 0.25) is 0 Å². The van der Waals surface area contributed by atoms with Crippen LogP contribution in [0.4, 0.5) is 20.3 Å². The van der Waals surface area contributed by atoms with Crippen molar-refractivity contribution in [3.05, 3.63) is 84.1 Å². The molecule has 1 unspecified atom stereocenters. The zero-order chi connectivity index (χ0) is 20.1. The first-order valence-corrected chi connectivity index (χ1v) is 9.73. The highest BCUT2D eigenvalue weighted by atomic mass is 32.2. The summed E-state index contributed by atoms with van der Waals surface area (Å²) in [7, 11) is -4.02. The van der Waals surface area contributed by atoms with E-state index in [0.717, 1.165) is 30.0 Å². The molecule has 0 bridgehead atoms. The molecule has 0 saturated carbocycles. The fourth-order valence-corrected chi connectivity index (χ4v) is 3.49. The van der Waals surface area contributed by atoms with Crippen LogP contribution in [0.3, 0.4) is 0 Å². The predicted octanol–water partition coefficient (Wildman–Crippen LogP) is 3.31. The van der Waals surface area contributed by atoms with Gasteiger partial charge in [-0.25, -0.2) is 22.2 Å². The second-order valence-corrected chi connectivity index (χ2v) is 7.59. The van der Waals surface area contributed by atoms with Gasteiger partial charge in [0.25, 0.3) is 10.0 Å². The van der Waals surface area contributed by atoms with Crippen LogP contribution in [0, 0.1) is 11.6 Å². The van der Waals surface area contributed by atoms with Gasteiger partial charge in [0.1, 0.15) is 10.7 Å². The molecule has 0 spiro atoms. The minimum atomic E-state index is -4.02. The molecule has 1 heterocycles. The molecule has 3 rings (SSSR count). The number of benzene rings is 2. The van der Waals surface area contributed by atoms with Gasteiger partial charge in [-0.05, 0) is 29.8 Å². The Kier molecular flexibility index (Phi) is 5.86. The summed E-state index contributed by atoms with van der Waals surface area (Å²) < 4.78 is 53.1. The predicted molar refractivity (Wildman–Crippen MR) is 101 cm³/mol. The fourth-order valence-electron chi connectivity index (χ4n) is 2.50. The molecule has 28 heavy (non-hydrogen) atoms. The lowest BCUT2D eigenvalue weighted by Gasteiger charge is -2.17. The quantitative estimate of drug-likeness (QED) is 0.561. The summed E-state index contributed by atoms with van der Waals surface area (Å²) in [5, 5.41) is 12.6. The van der Waals surface area contributed by atoms with E-state index in [2.05, 4.69) is 15.0 Å². The van der Waals surface area contributed by atoms with Crippen molar-refractivity contribution in [3.63, 3.8) is 0 Å². The molecular weight excluding hydrogens is 388 g/mol. The maximum absolute atomic E-state index is 13.3. The van der Waals surface area contributed by atoms with E-state index >= 15 is 0 Å². The van der Waals surface area contributed by atoms with Gasteiger partial charge in [0, 0.05) is 12.3 Å². The van der Waals surface area contributed by atoms with Crippen molar-refractivity contribution < 1.29 is 22.3 Å². The molecule has 0 amide bonds. The van der Waals surface area contributed by atoms with Crippen molar-refractivity contribution in [1.82, 2.24) is 4.98 Å². The summed E-state index contributed by atoms with van der Waals surface area (Å²) >= 11 is 0. The maximum Gasteiger partial charge on any atom is 0.263 e. The van der Waals surface area contributed by atoms with Crippen molar-refractivity contribution in [3.8, 4) is 0 Å². The van der Waals surface area contributed by atoms with Crippen LogP contribution in [-0.4, -0.2) is 25.1 Å². The van der Waals surface area contributed by atoms with Crippen molar-refractivity contribution in [2.75, 3.05) is 16.6 Å². The average molecular weight is 405 g/mol. The van der Waals surface area contributed by atoms with Crippen molar-refractivity contribution >= 4 is 21.5 Å². The standard InChI is InChI=1S/C19H17F2N3O3S/c20-16-8-6-14(10-17(16)21)24-28(26,27)15-7-9-19(22-11-15)23-18(12-25)13-4-2-1-3-5-13/h1-11,18,24-25H,12H2,(H,22,23). The third kappa shape index (κ3) is 4.62. The lowest BCUT2D eigenvalue weighted by atomic mass is 10.1. The van der Waals surface area contributed by atoms with E-state index in [0.29, 0.717) is 5.82 Å².